The second kappa shape index (κ2) is 5.23. The van der Waals surface area contributed by atoms with Crippen LogP contribution in [0.15, 0.2) is 24.3 Å². The van der Waals surface area contributed by atoms with Crippen LogP contribution in [0, 0.1) is 0 Å². The fraction of sp³-hybridized carbons (Fsp3) is 0.455. The van der Waals surface area contributed by atoms with Crippen LogP contribution in [-0.2, 0) is 6.18 Å². The Hall–Kier alpha value is -0.483. The fourth-order valence-electron chi connectivity index (χ4n) is 1.60. The molecule has 0 heterocycles. The Balaban J connectivity index is 3.07. The maximum absolute atomic E-state index is 12.5. The van der Waals surface area contributed by atoms with Crippen molar-refractivity contribution in [3.63, 3.8) is 0 Å². The summed E-state index contributed by atoms with van der Waals surface area (Å²) in [5, 5.41) is 0. The first-order valence-electron chi connectivity index (χ1n) is 5.09. The molecule has 0 fully saturated rings. The number of halogens is 4. The van der Waals surface area contributed by atoms with Gasteiger partial charge in [0.05, 0.1) is 5.56 Å². The largest absolute Gasteiger partial charge is 0.416 e. The van der Waals surface area contributed by atoms with Crippen LogP contribution in [0.1, 0.15) is 16.7 Å². The maximum Gasteiger partial charge on any atom is 0.416 e. The van der Waals surface area contributed by atoms with Crippen LogP contribution in [-0.4, -0.2) is 14.7 Å². The fourth-order valence-corrected chi connectivity index (χ4v) is 4.18. The van der Waals surface area contributed by atoms with Gasteiger partial charge in [-0.3, -0.25) is 0 Å². The number of rotatable bonds is 3. The van der Waals surface area contributed by atoms with Gasteiger partial charge in [-0.05, 0) is 17.2 Å². The third-order valence-corrected chi connectivity index (χ3v) is 5.47. The summed E-state index contributed by atoms with van der Waals surface area (Å²) in [4.78, 5) is 0. The van der Waals surface area contributed by atoms with Crippen molar-refractivity contribution >= 4 is 20.4 Å². The molecule has 0 aliphatic carbocycles. The molecule has 0 nitrogen and oxygen atoms in total. The Kier molecular flexibility index (Phi) is 4.44. The lowest BCUT2D eigenvalue weighted by Gasteiger charge is -2.18. The summed E-state index contributed by atoms with van der Waals surface area (Å²) in [5.74, 6) is 0.394. The van der Waals surface area contributed by atoms with E-state index in [2.05, 4.69) is 13.1 Å². The van der Waals surface area contributed by atoms with Crippen molar-refractivity contribution in [2.75, 3.05) is 5.88 Å². The molecule has 1 rings (SSSR count). The average molecular weight is 267 g/mol. The molecule has 5 heteroatoms. The van der Waals surface area contributed by atoms with Crippen LogP contribution in [0.3, 0.4) is 0 Å². The van der Waals surface area contributed by atoms with Crippen molar-refractivity contribution in [3.8, 4) is 0 Å². The Labute approximate surface area is 100 Å². The molecular weight excluding hydrogens is 253 g/mol. The van der Waals surface area contributed by atoms with Gasteiger partial charge >= 0.3 is 6.18 Å². The number of hydrogen-bond donors (Lipinski definition) is 0. The topological polar surface area (TPSA) is 0 Å². The highest BCUT2D eigenvalue weighted by Crippen LogP contribution is 2.31. The molecule has 1 atom stereocenters. The molecule has 1 aromatic rings. The standard InChI is InChI=1S/C11H14ClF3Si/c1-16(2)10(7-12)8-4-3-5-9(6-8)11(13,14)15/h3-6,10,16H,7H2,1-2H3. The average Bonchev–Trinajstić information content (AvgIpc) is 2.17. The molecule has 0 radical (unpaired) electrons. The molecule has 90 valence electrons. The number of benzene rings is 1. The highest BCUT2D eigenvalue weighted by atomic mass is 35.5. The van der Waals surface area contributed by atoms with Gasteiger partial charge in [0.15, 0.2) is 0 Å². The van der Waals surface area contributed by atoms with E-state index in [4.69, 9.17) is 11.6 Å². The van der Waals surface area contributed by atoms with Gasteiger partial charge in [-0.25, -0.2) is 0 Å². The normalized spacial score (nSPS) is 14.2. The third kappa shape index (κ3) is 3.25. The molecule has 0 saturated carbocycles. The van der Waals surface area contributed by atoms with E-state index in [9.17, 15) is 13.2 Å². The maximum atomic E-state index is 12.5. The lowest BCUT2D eigenvalue weighted by Crippen LogP contribution is -2.18. The molecule has 0 N–H and O–H groups in total. The first-order chi connectivity index (χ1) is 7.36. The Bertz CT molecular complexity index is 349. The second-order valence-electron chi connectivity index (χ2n) is 4.13. The zero-order valence-electron chi connectivity index (χ0n) is 9.18. The zero-order chi connectivity index (χ0) is 12.3. The molecular formula is C11H14ClF3Si. The lowest BCUT2D eigenvalue weighted by atomic mass is 10.1. The SMILES string of the molecule is C[SiH](C)C(CCl)c1cccc(C(F)(F)F)c1. The molecule has 0 aliphatic heterocycles. The van der Waals surface area contributed by atoms with E-state index in [-0.39, 0.29) is 5.54 Å². The van der Waals surface area contributed by atoms with E-state index in [0.29, 0.717) is 11.4 Å². The number of alkyl halides is 4. The predicted molar refractivity (Wildman–Crippen MR) is 63.8 cm³/mol. The van der Waals surface area contributed by atoms with Gasteiger partial charge in [0.2, 0.25) is 0 Å². The van der Waals surface area contributed by atoms with Gasteiger partial charge in [-0.1, -0.05) is 31.3 Å². The third-order valence-electron chi connectivity index (χ3n) is 2.61. The summed E-state index contributed by atoms with van der Waals surface area (Å²) in [7, 11) is -1.09. The summed E-state index contributed by atoms with van der Waals surface area (Å²) < 4.78 is 37.5. The van der Waals surface area contributed by atoms with Crippen LogP contribution < -0.4 is 0 Å². The van der Waals surface area contributed by atoms with E-state index >= 15 is 0 Å². The van der Waals surface area contributed by atoms with Crippen molar-refractivity contribution in [2.45, 2.75) is 24.8 Å². The van der Waals surface area contributed by atoms with Gasteiger partial charge in [0.1, 0.15) is 0 Å². The Morgan fingerprint density at radius 2 is 1.94 bits per heavy atom. The van der Waals surface area contributed by atoms with Gasteiger partial charge in [0.25, 0.3) is 0 Å². The van der Waals surface area contributed by atoms with Crippen molar-refractivity contribution < 1.29 is 13.2 Å². The molecule has 16 heavy (non-hydrogen) atoms. The predicted octanol–water partition coefficient (Wildman–Crippen LogP) is 4.05. The molecule has 1 aromatic carbocycles. The smallest absolute Gasteiger partial charge is 0.166 e. The van der Waals surface area contributed by atoms with Crippen LogP contribution >= 0.6 is 11.6 Å². The van der Waals surface area contributed by atoms with Crippen molar-refractivity contribution in [3.05, 3.63) is 35.4 Å². The van der Waals surface area contributed by atoms with E-state index < -0.39 is 20.5 Å². The summed E-state index contributed by atoms with van der Waals surface area (Å²) in [6, 6.07) is 5.50. The minimum absolute atomic E-state index is 0.101. The zero-order valence-corrected chi connectivity index (χ0v) is 11.1. The van der Waals surface area contributed by atoms with Crippen LogP contribution in [0.5, 0.6) is 0 Å². The van der Waals surface area contributed by atoms with Gasteiger partial charge in [0, 0.05) is 14.7 Å². The quantitative estimate of drug-likeness (QED) is 0.572. The van der Waals surface area contributed by atoms with Gasteiger partial charge in [-0.2, -0.15) is 13.2 Å². The molecule has 0 aromatic heterocycles. The molecule has 1 unspecified atom stereocenters. The first-order valence-corrected chi connectivity index (χ1v) is 8.60. The van der Waals surface area contributed by atoms with Gasteiger partial charge in [-0.15, -0.1) is 11.6 Å². The summed E-state index contributed by atoms with van der Waals surface area (Å²) >= 11 is 5.82. The highest BCUT2D eigenvalue weighted by molar-refractivity contribution is 6.58. The van der Waals surface area contributed by atoms with E-state index in [1.165, 1.54) is 12.1 Å². The molecule has 0 aliphatic rings. The number of hydrogen-bond acceptors (Lipinski definition) is 0. The summed E-state index contributed by atoms with van der Waals surface area (Å²) in [5.41, 5.74) is 0.227. The Morgan fingerprint density at radius 1 is 1.31 bits per heavy atom. The van der Waals surface area contributed by atoms with E-state index in [1.807, 2.05) is 0 Å². The van der Waals surface area contributed by atoms with Crippen molar-refractivity contribution in [1.82, 2.24) is 0 Å². The van der Waals surface area contributed by atoms with Gasteiger partial charge < -0.3 is 0 Å². The molecule has 0 amide bonds. The monoisotopic (exact) mass is 266 g/mol. The Morgan fingerprint density at radius 3 is 2.38 bits per heavy atom. The van der Waals surface area contributed by atoms with Crippen molar-refractivity contribution in [2.24, 2.45) is 0 Å². The molecule has 0 spiro atoms. The highest BCUT2D eigenvalue weighted by Gasteiger charge is 2.31. The minimum atomic E-state index is -4.27. The second-order valence-corrected chi connectivity index (χ2v) is 7.73. The van der Waals surface area contributed by atoms with Crippen LogP contribution in [0.2, 0.25) is 13.1 Å². The molecule has 0 saturated heterocycles. The minimum Gasteiger partial charge on any atom is -0.166 e. The van der Waals surface area contributed by atoms with E-state index in [0.717, 1.165) is 6.07 Å². The molecule has 0 bridgehead atoms. The summed E-state index contributed by atoms with van der Waals surface area (Å²) in [6.45, 7) is 4.18. The van der Waals surface area contributed by atoms with Crippen molar-refractivity contribution in [1.29, 1.82) is 0 Å². The van der Waals surface area contributed by atoms with Crippen LogP contribution in [0.25, 0.3) is 0 Å². The summed E-state index contributed by atoms with van der Waals surface area (Å²) in [6.07, 6.45) is -4.27. The lowest BCUT2D eigenvalue weighted by molar-refractivity contribution is -0.137. The van der Waals surface area contributed by atoms with Crippen LogP contribution in [0.4, 0.5) is 13.2 Å². The first kappa shape index (κ1) is 13.6. The van der Waals surface area contributed by atoms with E-state index in [1.54, 1.807) is 6.07 Å².